The lowest BCUT2D eigenvalue weighted by Crippen LogP contribution is -2.10. The quantitative estimate of drug-likeness (QED) is 0.608. The highest BCUT2D eigenvalue weighted by Gasteiger charge is 2.30. The molecule has 0 spiro atoms. The van der Waals surface area contributed by atoms with Crippen molar-refractivity contribution in [1.82, 2.24) is 9.97 Å². The summed E-state index contributed by atoms with van der Waals surface area (Å²) >= 11 is 0. The minimum Gasteiger partial charge on any atom is -0.437 e. The smallest absolute Gasteiger partial charge is 0.416 e. The number of anilines is 1. The molecule has 152 valence electrons. The molecule has 0 bridgehead atoms. The molecule has 0 fully saturated rings. The zero-order chi connectivity index (χ0) is 21.2. The van der Waals surface area contributed by atoms with Gasteiger partial charge in [-0.1, -0.05) is 6.07 Å². The third kappa shape index (κ3) is 5.19. The molecule has 0 aliphatic rings. The Morgan fingerprint density at radius 3 is 2.24 bits per heavy atom. The average molecular weight is 427 g/mol. The number of benzene rings is 2. The molecule has 0 amide bonds. The first-order valence-corrected chi connectivity index (χ1v) is 9.86. The molecular weight excluding hydrogens is 414 g/mol. The van der Waals surface area contributed by atoms with Gasteiger partial charge in [0.15, 0.2) is 0 Å². The summed E-state index contributed by atoms with van der Waals surface area (Å²) < 4.78 is 82.3. The Balaban J connectivity index is 1.90. The fraction of sp³-hybridized carbons (Fsp3) is 0.111. The van der Waals surface area contributed by atoms with Crippen molar-refractivity contribution in [2.45, 2.75) is 6.18 Å². The summed E-state index contributed by atoms with van der Waals surface area (Å²) in [5.41, 5.74) is -0.723. The molecule has 0 saturated carbocycles. The maximum atomic E-state index is 14.3. The van der Waals surface area contributed by atoms with Crippen LogP contribution < -0.4 is 9.46 Å². The SMILES string of the molecule is CS(=O)(=O)Nc1ccc(-c2nccnc2Oc2ccc(C(F)(F)F)cc2)cc1F. The summed E-state index contributed by atoms with van der Waals surface area (Å²) in [6.07, 6.45) is -0.955. The second-order valence-corrected chi connectivity index (χ2v) is 7.65. The monoisotopic (exact) mass is 427 g/mol. The fourth-order valence-electron chi connectivity index (χ4n) is 2.37. The van der Waals surface area contributed by atoms with Gasteiger partial charge in [-0.3, -0.25) is 4.72 Å². The minimum atomic E-state index is -4.48. The zero-order valence-electron chi connectivity index (χ0n) is 14.7. The average Bonchev–Trinajstić information content (AvgIpc) is 2.63. The summed E-state index contributed by atoms with van der Waals surface area (Å²) in [6, 6.07) is 7.62. The number of rotatable bonds is 5. The van der Waals surface area contributed by atoms with E-state index >= 15 is 0 Å². The maximum absolute atomic E-state index is 14.3. The first kappa shape index (κ1) is 20.5. The molecule has 6 nitrogen and oxygen atoms in total. The normalized spacial score (nSPS) is 11.9. The number of nitrogens with zero attached hydrogens (tertiary/aromatic N) is 2. The topological polar surface area (TPSA) is 81.2 Å². The van der Waals surface area contributed by atoms with Gasteiger partial charge in [0.25, 0.3) is 0 Å². The van der Waals surface area contributed by atoms with Crippen molar-refractivity contribution in [2.24, 2.45) is 0 Å². The van der Waals surface area contributed by atoms with Gasteiger partial charge in [0.05, 0.1) is 17.5 Å². The molecule has 29 heavy (non-hydrogen) atoms. The Morgan fingerprint density at radius 2 is 1.66 bits per heavy atom. The van der Waals surface area contributed by atoms with E-state index in [2.05, 4.69) is 9.97 Å². The standard InChI is InChI=1S/C18H13F4N3O3S/c1-29(26,27)25-15-7-2-11(10-14(15)19)16-17(24-9-8-23-16)28-13-5-3-12(4-6-13)18(20,21)22/h2-10,25H,1H3. The Morgan fingerprint density at radius 1 is 1.00 bits per heavy atom. The highest BCUT2D eigenvalue weighted by atomic mass is 32.2. The van der Waals surface area contributed by atoms with E-state index in [1.165, 1.54) is 24.5 Å². The van der Waals surface area contributed by atoms with Gasteiger partial charge in [0.2, 0.25) is 15.9 Å². The zero-order valence-corrected chi connectivity index (χ0v) is 15.6. The highest BCUT2D eigenvalue weighted by molar-refractivity contribution is 7.92. The van der Waals surface area contributed by atoms with E-state index in [9.17, 15) is 26.0 Å². The molecule has 0 atom stereocenters. The van der Waals surface area contributed by atoms with Gasteiger partial charge >= 0.3 is 6.18 Å². The molecule has 1 heterocycles. The Hall–Kier alpha value is -3.21. The molecule has 0 radical (unpaired) electrons. The predicted octanol–water partition coefficient (Wildman–Crippen LogP) is 4.47. The van der Waals surface area contributed by atoms with Crippen molar-refractivity contribution < 1.29 is 30.7 Å². The predicted molar refractivity (Wildman–Crippen MR) is 97.4 cm³/mol. The van der Waals surface area contributed by atoms with Crippen LogP contribution in [0.2, 0.25) is 0 Å². The second kappa shape index (κ2) is 7.66. The lowest BCUT2D eigenvalue weighted by Gasteiger charge is -2.12. The summed E-state index contributed by atoms with van der Waals surface area (Å²) in [7, 11) is -3.66. The molecule has 2 aromatic carbocycles. The lowest BCUT2D eigenvalue weighted by molar-refractivity contribution is -0.137. The lowest BCUT2D eigenvalue weighted by atomic mass is 10.1. The Labute approximate surface area is 163 Å². The summed E-state index contributed by atoms with van der Waals surface area (Å²) in [5, 5.41) is 0. The molecule has 3 aromatic rings. The molecule has 0 saturated heterocycles. The third-order valence-corrected chi connectivity index (χ3v) is 4.19. The van der Waals surface area contributed by atoms with Crippen LogP contribution in [0.3, 0.4) is 0 Å². The van der Waals surface area contributed by atoms with Crippen LogP contribution in [0.15, 0.2) is 54.9 Å². The number of alkyl halides is 3. The van der Waals surface area contributed by atoms with Gasteiger partial charge in [-0.2, -0.15) is 13.2 Å². The van der Waals surface area contributed by atoms with Crippen LogP contribution in [0.5, 0.6) is 11.6 Å². The molecule has 0 aliphatic carbocycles. The highest BCUT2D eigenvalue weighted by Crippen LogP contribution is 2.34. The fourth-order valence-corrected chi connectivity index (χ4v) is 2.93. The second-order valence-electron chi connectivity index (χ2n) is 5.90. The number of hydrogen-bond donors (Lipinski definition) is 1. The molecule has 3 rings (SSSR count). The van der Waals surface area contributed by atoms with Gasteiger partial charge in [0.1, 0.15) is 17.3 Å². The van der Waals surface area contributed by atoms with Gasteiger partial charge in [0, 0.05) is 18.0 Å². The van der Waals surface area contributed by atoms with Gasteiger partial charge in [-0.25, -0.2) is 22.8 Å². The number of halogens is 4. The van der Waals surface area contributed by atoms with Crippen LogP contribution >= 0.6 is 0 Å². The Kier molecular flexibility index (Phi) is 5.42. The van der Waals surface area contributed by atoms with Crippen LogP contribution in [0.25, 0.3) is 11.3 Å². The van der Waals surface area contributed by atoms with Crippen molar-refractivity contribution in [3.63, 3.8) is 0 Å². The molecule has 1 N–H and O–H groups in total. The van der Waals surface area contributed by atoms with Crippen LogP contribution in [0.1, 0.15) is 5.56 Å². The molecular formula is C18H13F4N3O3S. The summed E-state index contributed by atoms with van der Waals surface area (Å²) in [5.74, 6) is -0.829. The van der Waals surface area contributed by atoms with Crippen molar-refractivity contribution in [1.29, 1.82) is 0 Å². The van der Waals surface area contributed by atoms with Crippen LogP contribution in [0.4, 0.5) is 23.2 Å². The largest absolute Gasteiger partial charge is 0.437 e. The van der Waals surface area contributed by atoms with Crippen molar-refractivity contribution in [3.8, 4) is 22.9 Å². The van der Waals surface area contributed by atoms with Gasteiger partial charge < -0.3 is 4.74 Å². The van der Waals surface area contributed by atoms with E-state index in [1.54, 1.807) is 0 Å². The van der Waals surface area contributed by atoms with Gasteiger partial charge in [-0.05, 0) is 36.4 Å². The van der Waals surface area contributed by atoms with E-state index in [0.29, 0.717) is 0 Å². The maximum Gasteiger partial charge on any atom is 0.416 e. The molecule has 0 aliphatic heterocycles. The first-order valence-electron chi connectivity index (χ1n) is 7.97. The number of aromatic nitrogens is 2. The van der Waals surface area contributed by atoms with Crippen LogP contribution in [0, 0.1) is 5.82 Å². The van der Waals surface area contributed by atoms with Crippen molar-refractivity contribution in [3.05, 3.63) is 66.2 Å². The summed E-state index contributed by atoms with van der Waals surface area (Å²) in [6.45, 7) is 0. The van der Waals surface area contributed by atoms with E-state index in [-0.39, 0.29) is 28.6 Å². The third-order valence-electron chi connectivity index (χ3n) is 3.60. The number of sulfonamides is 1. The van der Waals surface area contributed by atoms with Crippen LogP contribution in [-0.2, 0) is 16.2 Å². The van der Waals surface area contributed by atoms with Crippen molar-refractivity contribution >= 4 is 15.7 Å². The first-order chi connectivity index (χ1) is 13.5. The number of nitrogens with one attached hydrogen (secondary N) is 1. The van der Waals surface area contributed by atoms with Gasteiger partial charge in [-0.15, -0.1) is 0 Å². The van der Waals surface area contributed by atoms with Crippen molar-refractivity contribution in [2.75, 3.05) is 11.0 Å². The Bertz CT molecular complexity index is 1130. The minimum absolute atomic E-state index is 0.0597. The van der Waals surface area contributed by atoms with Crippen LogP contribution in [-0.4, -0.2) is 24.6 Å². The van der Waals surface area contributed by atoms with E-state index in [1.807, 2.05) is 4.72 Å². The van der Waals surface area contributed by atoms with E-state index in [4.69, 9.17) is 4.74 Å². The molecule has 11 heteroatoms. The van der Waals surface area contributed by atoms with E-state index in [0.717, 1.165) is 36.6 Å². The molecule has 1 aromatic heterocycles. The molecule has 0 unspecified atom stereocenters. The van der Waals surface area contributed by atoms with E-state index < -0.39 is 27.6 Å². The number of ether oxygens (including phenoxy) is 1. The summed E-state index contributed by atoms with van der Waals surface area (Å²) in [4.78, 5) is 8.07. The number of hydrogen-bond acceptors (Lipinski definition) is 5.